The van der Waals surface area contributed by atoms with Gasteiger partial charge >= 0.3 is 0 Å². The fraction of sp³-hybridized carbons (Fsp3) is 0.0769. The number of carbonyl (C=O) groups excluding carboxylic acids is 1. The van der Waals surface area contributed by atoms with Crippen molar-refractivity contribution in [2.24, 2.45) is 0 Å². The number of H-pyrrole nitrogens is 1. The number of imidazole rings is 1. The van der Waals surface area contributed by atoms with Crippen molar-refractivity contribution < 1.29 is 4.79 Å². The highest BCUT2D eigenvalue weighted by Crippen LogP contribution is 2.19. The van der Waals surface area contributed by atoms with Gasteiger partial charge in [-0.1, -0.05) is 23.2 Å². The molecule has 0 saturated heterocycles. The number of aromatic amines is 1. The number of benzene rings is 1. The van der Waals surface area contributed by atoms with Crippen molar-refractivity contribution >= 4 is 35.2 Å². The number of carbonyl (C=O) groups is 1. The molecule has 0 spiro atoms. The SMILES string of the molecule is O=C(C=Cc1cc(Cl)cc(Cl)c1)NCc1cnc[nH]1. The van der Waals surface area contributed by atoms with E-state index in [2.05, 4.69) is 15.3 Å². The maximum absolute atomic E-state index is 11.6. The standard InChI is InChI=1S/C13H11Cl2N3O/c14-10-3-9(4-11(15)5-10)1-2-13(19)17-7-12-6-16-8-18-12/h1-6,8H,7H2,(H,16,18)(H,17,19). The molecule has 0 aliphatic rings. The summed E-state index contributed by atoms with van der Waals surface area (Å²) < 4.78 is 0. The molecule has 0 radical (unpaired) electrons. The molecule has 0 atom stereocenters. The minimum absolute atomic E-state index is 0.203. The van der Waals surface area contributed by atoms with Crippen molar-refractivity contribution in [1.82, 2.24) is 15.3 Å². The van der Waals surface area contributed by atoms with E-state index in [-0.39, 0.29) is 5.91 Å². The van der Waals surface area contributed by atoms with E-state index in [1.807, 2.05) is 0 Å². The normalized spacial score (nSPS) is 10.8. The second kappa shape index (κ2) is 6.41. The molecule has 6 heteroatoms. The first kappa shape index (κ1) is 13.6. The van der Waals surface area contributed by atoms with Gasteiger partial charge < -0.3 is 10.3 Å². The van der Waals surface area contributed by atoms with E-state index in [9.17, 15) is 4.79 Å². The number of hydrogen-bond donors (Lipinski definition) is 2. The maximum Gasteiger partial charge on any atom is 0.244 e. The van der Waals surface area contributed by atoms with Crippen LogP contribution >= 0.6 is 23.2 Å². The van der Waals surface area contributed by atoms with E-state index in [4.69, 9.17) is 23.2 Å². The predicted octanol–water partition coefficient (Wildman–Crippen LogP) is 3.05. The fourth-order valence-electron chi connectivity index (χ4n) is 1.47. The number of hydrogen-bond acceptors (Lipinski definition) is 2. The second-order valence-electron chi connectivity index (χ2n) is 3.83. The minimum Gasteiger partial charge on any atom is -0.347 e. The molecule has 1 aromatic carbocycles. The zero-order valence-electron chi connectivity index (χ0n) is 9.86. The van der Waals surface area contributed by atoms with Crippen molar-refractivity contribution in [2.45, 2.75) is 6.54 Å². The maximum atomic E-state index is 11.6. The Hall–Kier alpha value is -1.78. The Morgan fingerprint density at radius 3 is 2.68 bits per heavy atom. The average Bonchev–Trinajstić information content (AvgIpc) is 2.86. The van der Waals surface area contributed by atoms with E-state index in [1.165, 1.54) is 6.08 Å². The smallest absolute Gasteiger partial charge is 0.244 e. The van der Waals surface area contributed by atoms with Crippen molar-refractivity contribution in [3.05, 3.63) is 58.1 Å². The fourth-order valence-corrected chi connectivity index (χ4v) is 2.01. The number of nitrogens with one attached hydrogen (secondary N) is 2. The molecule has 0 aliphatic carbocycles. The van der Waals surface area contributed by atoms with Crippen molar-refractivity contribution in [1.29, 1.82) is 0 Å². The first-order valence-corrected chi connectivity index (χ1v) is 6.28. The largest absolute Gasteiger partial charge is 0.347 e. The van der Waals surface area contributed by atoms with Gasteiger partial charge in [-0.15, -0.1) is 0 Å². The van der Waals surface area contributed by atoms with Crippen molar-refractivity contribution in [2.75, 3.05) is 0 Å². The number of amides is 1. The third-order valence-electron chi connectivity index (χ3n) is 2.32. The zero-order valence-corrected chi connectivity index (χ0v) is 11.4. The summed E-state index contributed by atoms with van der Waals surface area (Å²) in [4.78, 5) is 18.3. The third kappa shape index (κ3) is 4.43. The molecule has 2 rings (SSSR count). The number of nitrogens with zero attached hydrogens (tertiary/aromatic N) is 1. The quantitative estimate of drug-likeness (QED) is 0.852. The molecule has 1 aromatic heterocycles. The summed E-state index contributed by atoms with van der Waals surface area (Å²) >= 11 is 11.7. The van der Waals surface area contributed by atoms with Gasteiger partial charge in [0, 0.05) is 22.3 Å². The summed E-state index contributed by atoms with van der Waals surface area (Å²) in [6.07, 6.45) is 6.30. The Balaban J connectivity index is 1.92. The zero-order chi connectivity index (χ0) is 13.7. The van der Waals surface area contributed by atoms with Gasteiger partial charge in [0.2, 0.25) is 5.91 Å². The molecule has 0 fully saturated rings. The van der Waals surface area contributed by atoms with Gasteiger partial charge in [-0.3, -0.25) is 4.79 Å². The Morgan fingerprint density at radius 2 is 2.05 bits per heavy atom. The Morgan fingerprint density at radius 1 is 1.32 bits per heavy atom. The first-order chi connectivity index (χ1) is 9.13. The summed E-state index contributed by atoms with van der Waals surface area (Å²) in [5.41, 5.74) is 1.61. The summed E-state index contributed by atoms with van der Waals surface area (Å²) in [5, 5.41) is 3.79. The highest BCUT2D eigenvalue weighted by atomic mass is 35.5. The third-order valence-corrected chi connectivity index (χ3v) is 2.76. The molecule has 1 heterocycles. The molecule has 0 bridgehead atoms. The molecule has 19 heavy (non-hydrogen) atoms. The Labute approximate surface area is 120 Å². The number of aromatic nitrogens is 2. The highest BCUT2D eigenvalue weighted by molar-refractivity contribution is 6.34. The summed E-state index contributed by atoms with van der Waals surface area (Å²) in [6.45, 7) is 0.402. The van der Waals surface area contributed by atoms with Gasteiger partial charge in [-0.05, 0) is 29.8 Å². The van der Waals surface area contributed by atoms with E-state index >= 15 is 0 Å². The van der Waals surface area contributed by atoms with Gasteiger partial charge in [-0.2, -0.15) is 0 Å². The van der Waals surface area contributed by atoms with Crippen LogP contribution in [0.4, 0.5) is 0 Å². The lowest BCUT2D eigenvalue weighted by Crippen LogP contribution is -2.20. The minimum atomic E-state index is -0.203. The van der Waals surface area contributed by atoms with Crippen LogP contribution in [0, 0.1) is 0 Å². The molecule has 0 unspecified atom stereocenters. The van der Waals surface area contributed by atoms with E-state index in [0.29, 0.717) is 16.6 Å². The first-order valence-electron chi connectivity index (χ1n) is 5.53. The predicted molar refractivity (Wildman–Crippen MR) is 75.9 cm³/mol. The van der Waals surface area contributed by atoms with Crippen LogP contribution in [-0.4, -0.2) is 15.9 Å². The van der Waals surface area contributed by atoms with Crippen molar-refractivity contribution in [3.8, 4) is 0 Å². The van der Waals surface area contributed by atoms with Crippen LogP contribution in [0.15, 0.2) is 36.8 Å². The van der Waals surface area contributed by atoms with Crippen LogP contribution < -0.4 is 5.32 Å². The summed E-state index contributed by atoms with van der Waals surface area (Å²) in [6, 6.07) is 5.09. The highest BCUT2D eigenvalue weighted by Gasteiger charge is 1.99. The van der Waals surface area contributed by atoms with Gasteiger partial charge in [-0.25, -0.2) is 4.98 Å². The molecular formula is C13H11Cl2N3O. The van der Waals surface area contributed by atoms with E-state index < -0.39 is 0 Å². The molecular weight excluding hydrogens is 285 g/mol. The van der Waals surface area contributed by atoms with Crippen LogP contribution in [0.5, 0.6) is 0 Å². The Kier molecular flexibility index (Phi) is 4.60. The van der Waals surface area contributed by atoms with Crippen LogP contribution in [0.3, 0.4) is 0 Å². The topological polar surface area (TPSA) is 57.8 Å². The van der Waals surface area contributed by atoms with Crippen LogP contribution in [0.2, 0.25) is 10.0 Å². The molecule has 2 aromatic rings. The molecule has 2 N–H and O–H groups in total. The summed E-state index contributed by atoms with van der Waals surface area (Å²) in [5.74, 6) is -0.203. The molecule has 1 amide bonds. The number of rotatable bonds is 4. The van der Waals surface area contributed by atoms with Gasteiger partial charge in [0.1, 0.15) is 0 Å². The molecule has 0 aliphatic heterocycles. The van der Waals surface area contributed by atoms with E-state index in [0.717, 1.165) is 11.3 Å². The lowest BCUT2D eigenvalue weighted by atomic mass is 10.2. The van der Waals surface area contributed by atoms with Gasteiger partial charge in [0.05, 0.1) is 18.6 Å². The number of halogens is 2. The van der Waals surface area contributed by atoms with Crippen LogP contribution in [0.1, 0.15) is 11.3 Å². The summed E-state index contributed by atoms with van der Waals surface area (Å²) in [7, 11) is 0. The van der Waals surface area contributed by atoms with Crippen LogP contribution in [-0.2, 0) is 11.3 Å². The lowest BCUT2D eigenvalue weighted by molar-refractivity contribution is -0.116. The van der Waals surface area contributed by atoms with Gasteiger partial charge in [0.25, 0.3) is 0 Å². The Bertz CT molecular complexity index is 574. The van der Waals surface area contributed by atoms with Gasteiger partial charge in [0.15, 0.2) is 0 Å². The molecule has 98 valence electrons. The molecule has 4 nitrogen and oxygen atoms in total. The second-order valence-corrected chi connectivity index (χ2v) is 4.70. The van der Waals surface area contributed by atoms with Crippen LogP contribution in [0.25, 0.3) is 6.08 Å². The lowest BCUT2D eigenvalue weighted by Gasteiger charge is -2.00. The van der Waals surface area contributed by atoms with Crippen molar-refractivity contribution in [3.63, 3.8) is 0 Å². The average molecular weight is 296 g/mol. The molecule has 0 saturated carbocycles. The monoisotopic (exact) mass is 295 g/mol. The van der Waals surface area contributed by atoms with E-state index in [1.54, 1.807) is 36.8 Å².